The quantitative estimate of drug-likeness (QED) is 0.916. The van der Waals surface area contributed by atoms with E-state index in [0.717, 1.165) is 24.0 Å². The minimum Gasteiger partial charge on any atom is -0.343 e. The first-order valence-electron chi connectivity index (χ1n) is 7.25. The number of carbonyl (C=O) groups excluding carboxylic acids is 1. The van der Waals surface area contributed by atoms with Gasteiger partial charge in [0.1, 0.15) is 0 Å². The third-order valence-corrected chi connectivity index (χ3v) is 4.91. The summed E-state index contributed by atoms with van der Waals surface area (Å²) >= 11 is 3.61. The Morgan fingerprint density at radius 2 is 2.15 bits per heavy atom. The summed E-state index contributed by atoms with van der Waals surface area (Å²) in [6, 6.07) is 9.11. The molecule has 0 aliphatic carbocycles. The Kier molecular flexibility index (Phi) is 5.22. The first kappa shape index (κ1) is 15.5. The predicted molar refractivity (Wildman–Crippen MR) is 85.5 cm³/mol. The summed E-state index contributed by atoms with van der Waals surface area (Å²) in [6.45, 7) is 7.80. The molecule has 20 heavy (non-hydrogen) atoms. The van der Waals surface area contributed by atoms with E-state index in [2.05, 4.69) is 53.3 Å². The average molecular weight is 339 g/mol. The molecule has 1 N–H and O–H groups in total. The molecule has 2 rings (SSSR count). The molecule has 3 nitrogen and oxygen atoms in total. The van der Waals surface area contributed by atoms with Gasteiger partial charge in [0.2, 0.25) is 5.91 Å². The molecule has 0 radical (unpaired) electrons. The van der Waals surface area contributed by atoms with Crippen LogP contribution in [0.3, 0.4) is 0 Å². The third kappa shape index (κ3) is 3.61. The lowest BCUT2D eigenvalue weighted by atomic mass is 9.92. The number of nitrogens with one attached hydrogen (secondary N) is 1. The fourth-order valence-electron chi connectivity index (χ4n) is 2.92. The molecular weight excluding hydrogens is 316 g/mol. The summed E-state index contributed by atoms with van der Waals surface area (Å²) in [5, 5.41) is 3.72. The van der Waals surface area contributed by atoms with Crippen LogP contribution in [0.5, 0.6) is 0 Å². The molecule has 0 spiro atoms. The Bertz CT molecular complexity index is 477. The second kappa shape index (κ2) is 6.72. The number of rotatable bonds is 3. The van der Waals surface area contributed by atoms with Gasteiger partial charge in [-0.25, -0.2) is 0 Å². The van der Waals surface area contributed by atoms with Gasteiger partial charge in [-0.2, -0.15) is 0 Å². The van der Waals surface area contributed by atoms with Gasteiger partial charge in [-0.3, -0.25) is 4.79 Å². The number of halogens is 1. The summed E-state index contributed by atoms with van der Waals surface area (Å²) in [6.07, 6.45) is 1.02. The van der Waals surface area contributed by atoms with Gasteiger partial charge in [0, 0.05) is 36.6 Å². The molecule has 3 atom stereocenters. The number of nitrogens with zero attached hydrogens (tertiary/aromatic N) is 1. The molecule has 1 aromatic rings. The minimum absolute atomic E-state index is 0.189. The van der Waals surface area contributed by atoms with Crippen LogP contribution in [-0.2, 0) is 4.79 Å². The number of hydrogen-bond acceptors (Lipinski definition) is 2. The molecule has 0 bridgehead atoms. The van der Waals surface area contributed by atoms with Crippen LogP contribution in [0.4, 0.5) is 0 Å². The largest absolute Gasteiger partial charge is 0.343 e. The summed E-state index contributed by atoms with van der Waals surface area (Å²) in [5.74, 6) is 0.673. The summed E-state index contributed by atoms with van der Waals surface area (Å²) in [7, 11) is 0. The van der Waals surface area contributed by atoms with E-state index in [1.165, 1.54) is 5.56 Å². The topological polar surface area (TPSA) is 32.3 Å². The molecular formula is C16H23BrN2O. The highest BCUT2D eigenvalue weighted by Crippen LogP contribution is 2.25. The van der Waals surface area contributed by atoms with Crippen molar-refractivity contribution in [1.82, 2.24) is 10.2 Å². The zero-order valence-corrected chi connectivity index (χ0v) is 14.0. The molecule has 0 aromatic heterocycles. The standard InChI is InChI=1S/C16H23BrN2O/c1-11-10-19(13(3)20)9-8-16(11)18-12(2)14-6-4-5-7-15(14)17/h4-7,11-12,16,18H,8-10H2,1-3H3/t11-,12-,16-/m0/s1. The lowest BCUT2D eigenvalue weighted by molar-refractivity contribution is -0.130. The maximum atomic E-state index is 11.4. The van der Waals surface area contributed by atoms with Gasteiger partial charge in [-0.1, -0.05) is 41.1 Å². The number of benzene rings is 1. The van der Waals surface area contributed by atoms with Crippen LogP contribution in [0.1, 0.15) is 38.8 Å². The zero-order valence-electron chi connectivity index (χ0n) is 12.4. The number of piperidine rings is 1. The van der Waals surface area contributed by atoms with E-state index < -0.39 is 0 Å². The monoisotopic (exact) mass is 338 g/mol. The lowest BCUT2D eigenvalue weighted by Gasteiger charge is -2.38. The van der Waals surface area contributed by atoms with Crippen molar-refractivity contribution in [2.24, 2.45) is 5.92 Å². The Morgan fingerprint density at radius 3 is 2.75 bits per heavy atom. The first-order chi connectivity index (χ1) is 9.49. The van der Waals surface area contributed by atoms with Crippen molar-refractivity contribution in [3.8, 4) is 0 Å². The number of amides is 1. The van der Waals surface area contributed by atoms with Crippen LogP contribution < -0.4 is 5.32 Å². The molecule has 1 aromatic carbocycles. The van der Waals surface area contributed by atoms with Crippen molar-refractivity contribution in [3.63, 3.8) is 0 Å². The van der Waals surface area contributed by atoms with Crippen LogP contribution in [0.25, 0.3) is 0 Å². The van der Waals surface area contributed by atoms with Gasteiger partial charge < -0.3 is 10.2 Å². The molecule has 1 fully saturated rings. The smallest absolute Gasteiger partial charge is 0.219 e. The fourth-order valence-corrected chi connectivity index (χ4v) is 3.54. The SMILES string of the molecule is CC(=O)N1CC[C@H](N[C@@H](C)c2ccccc2Br)[C@@H](C)C1. The Labute approximate surface area is 129 Å². The lowest BCUT2D eigenvalue weighted by Crippen LogP contribution is -2.50. The second-order valence-corrected chi connectivity index (χ2v) is 6.60. The molecule has 4 heteroatoms. The predicted octanol–water partition coefficient (Wildman–Crippen LogP) is 3.36. The molecule has 110 valence electrons. The zero-order chi connectivity index (χ0) is 14.7. The minimum atomic E-state index is 0.189. The van der Waals surface area contributed by atoms with Crippen molar-refractivity contribution < 1.29 is 4.79 Å². The summed E-state index contributed by atoms with van der Waals surface area (Å²) in [5.41, 5.74) is 1.29. The van der Waals surface area contributed by atoms with E-state index in [0.29, 0.717) is 18.0 Å². The van der Waals surface area contributed by atoms with Crippen molar-refractivity contribution in [3.05, 3.63) is 34.3 Å². The highest BCUT2D eigenvalue weighted by molar-refractivity contribution is 9.10. The normalized spacial score (nSPS) is 24.5. The Morgan fingerprint density at radius 1 is 1.45 bits per heavy atom. The van der Waals surface area contributed by atoms with Gasteiger partial charge in [0.05, 0.1) is 0 Å². The fraction of sp³-hybridized carbons (Fsp3) is 0.562. The van der Waals surface area contributed by atoms with Gasteiger partial charge in [0.25, 0.3) is 0 Å². The van der Waals surface area contributed by atoms with Crippen LogP contribution in [0.15, 0.2) is 28.7 Å². The van der Waals surface area contributed by atoms with Crippen molar-refractivity contribution >= 4 is 21.8 Å². The van der Waals surface area contributed by atoms with Gasteiger partial charge in [-0.05, 0) is 30.9 Å². The van der Waals surface area contributed by atoms with Crippen molar-refractivity contribution in [2.75, 3.05) is 13.1 Å². The van der Waals surface area contributed by atoms with E-state index in [1.807, 2.05) is 11.0 Å². The number of carbonyl (C=O) groups is 1. The van der Waals surface area contributed by atoms with E-state index in [-0.39, 0.29) is 5.91 Å². The second-order valence-electron chi connectivity index (χ2n) is 5.75. The molecule has 1 aliphatic rings. The van der Waals surface area contributed by atoms with Crippen molar-refractivity contribution in [1.29, 1.82) is 0 Å². The number of likely N-dealkylation sites (tertiary alicyclic amines) is 1. The molecule has 1 aliphatic heterocycles. The van der Waals surface area contributed by atoms with Gasteiger partial charge >= 0.3 is 0 Å². The molecule has 1 saturated heterocycles. The third-order valence-electron chi connectivity index (χ3n) is 4.19. The molecule has 0 saturated carbocycles. The number of hydrogen-bond donors (Lipinski definition) is 1. The maximum absolute atomic E-state index is 11.4. The highest BCUT2D eigenvalue weighted by atomic mass is 79.9. The summed E-state index contributed by atoms with van der Waals surface area (Å²) < 4.78 is 1.15. The van der Waals surface area contributed by atoms with Crippen molar-refractivity contribution in [2.45, 2.75) is 39.3 Å². The van der Waals surface area contributed by atoms with E-state index in [1.54, 1.807) is 6.92 Å². The van der Waals surface area contributed by atoms with E-state index in [4.69, 9.17) is 0 Å². The van der Waals surface area contributed by atoms with Crippen LogP contribution >= 0.6 is 15.9 Å². The van der Waals surface area contributed by atoms with Crippen LogP contribution in [-0.4, -0.2) is 29.9 Å². The van der Waals surface area contributed by atoms with E-state index >= 15 is 0 Å². The van der Waals surface area contributed by atoms with Gasteiger partial charge in [0.15, 0.2) is 0 Å². The Balaban J connectivity index is 1.97. The highest BCUT2D eigenvalue weighted by Gasteiger charge is 2.28. The first-order valence-corrected chi connectivity index (χ1v) is 8.04. The average Bonchev–Trinajstić information content (AvgIpc) is 2.41. The molecule has 1 amide bonds. The summed E-state index contributed by atoms with van der Waals surface area (Å²) in [4.78, 5) is 13.4. The van der Waals surface area contributed by atoms with E-state index in [9.17, 15) is 4.79 Å². The Hall–Kier alpha value is -0.870. The maximum Gasteiger partial charge on any atom is 0.219 e. The molecule has 0 unspecified atom stereocenters. The van der Waals surface area contributed by atoms with Crippen LogP contribution in [0, 0.1) is 5.92 Å². The van der Waals surface area contributed by atoms with Crippen LogP contribution in [0.2, 0.25) is 0 Å². The van der Waals surface area contributed by atoms with Gasteiger partial charge in [-0.15, -0.1) is 0 Å². The molecule has 1 heterocycles.